The van der Waals surface area contributed by atoms with E-state index >= 15 is 0 Å². The molecule has 0 spiro atoms. The molecule has 0 bridgehead atoms. The average molecular weight is 294 g/mol. The van der Waals surface area contributed by atoms with Crippen LogP contribution in [0.15, 0.2) is 42.5 Å². The molecule has 0 saturated carbocycles. The van der Waals surface area contributed by atoms with Crippen LogP contribution < -0.4 is 0 Å². The molecule has 5 heteroatoms. The van der Waals surface area contributed by atoms with Crippen LogP contribution in [0.5, 0.6) is 5.75 Å². The Labute approximate surface area is 121 Å². The van der Waals surface area contributed by atoms with Crippen molar-refractivity contribution in [1.29, 1.82) is 0 Å². The average Bonchev–Trinajstić information content (AvgIpc) is 2.43. The van der Waals surface area contributed by atoms with E-state index in [1.54, 1.807) is 31.3 Å². The van der Waals surface area contributed by atoms with Crippen molar-refractivity contribution in [2.75, 3.05) is 7.05 Å². The van der Waals surface area contributed by atoms with E-state index < -0.39 is 5.82 Å². The van der Waals surface area contributed by atoms with E-state index in [2.05, 4.69) is 0 Å². The number of hydrogen-bond acceptors (Lipinski definition) is 2. The van der Waals surface area contributed by atoms with Gasteiger partial charge in [0, 0.05) is 19.2 Å². The molecule has 0 aromatic heterocycles. The van der Waals surface area contributed by atoms with Crippen LogP contribution in [0.3, 0.4) is 0 Å². The Morgan fingerprint density at radius 1 is 1.25 bits per heavy atom. The molecule has 1 N–H and O–H groups in total. The third-order valence-electron chi connectivity index (χ3n) is 2.87. The molecule has 0 heterocycles. The maximum Gasteiger partial charge on any atom is 0.254 e. The Hall–Kier alpha value is -2.07. The van der Waals surface area contributed by atoms with Crippen LogP contribution in [-0.4, -0.2) is 23.0 Å². The Morgan fingerprint density at radius 3 is 2.50 bits per heavy atom. The first-order valence-electron chi connectivity index (χ1n) is 5.96. The van der Waals surface area contributed by atoms with Gasteiger partial charge in [0.25, 0.3) is 5.91 Å². The summed E-state index contributed by atoms with van der Waals surface area (Å²) in [5.74, 6) is -0.744. The van der Waals surface area contributed by atoms with Crippen molar-refractivity contribution in [2.24, 2.45) is 0 Å². The van der Waals surface area contributed by atoms with E-state index in [0.29, 0.717) is 6.54 Å². The zero-order valence-corrected chi connectivity index (χ0v) is 11.6. The largest absolute Gasteiger partial charge is 0.508 e. The number of nitrogens with zero attached hydrogens (tertiary/aromatic N) is 1. The minimum absolute atomic E-state index is 0.0114. The minimum Gasteiger partial charge on any atom is -0.508 e. The second-order valence-electron chi connectivity index (χ2n) is 4.46. The highest BCUT2D eigenvalue weighted by molar-refractivity contribution is 6.30. The molecular formula is C15H13ClFNO2. The second kappa shape index (κ2) is 5.92. The number of rotatable bonds is 3. The van der Waals surface area contributed by atoms with E-state index in [4.69, 9.17) is 11.6 Å². The topological polar surface area (TPSA) is 40.5 Å². The second-order valence-corrected chi connectivity index (χ2v) is 4.86. The number of hydrogen-bond donors (Lipinski definition) is 1. The smallest absolute Gasteiger partial charge is 0.254 e. The van der Waals surface area contributed by atoms with Crippen molar-refractivity contribution in [3.63, 3.8) is 0 Å². The summed E-state index contributed by atoms with van der Waals surface area (Å²) in [7, 11) is 1.63. The van der Waals surface area contributed by atoms with Gasteiger partial charge in [-0.15, -0.1) is 0 Å². The molecule has 3 nitrogen and oxygen atoms in total. The summed E-state index contributed by atoms with van der Waals surface area (Å²) < 4.78 is 13.3. The highest BCUT2D eigenvalue weighted by Gasteiger charge is 2.13. The predicted molar refractivity (Wildman–Crippen MR) is 75.3 cm³/mol. The Bertz CT molecular complexity index is 628. The van der Waals surface area contributed by atoms with Gasteiger partial charge in [0.05, 0.1) is 5.02 Å². The van der Waals surface area contributed by atoms with Crippen molar-refractivity contribution in [2.45, 2.75) is 6.54 Å². The Balaban J connectivity index is 2.11. The number of phenolic OH excluding ortho intramolecular Hbond substituents is 1. The molecule has 0 aliphatic heterocycles. The summed E-state index contributed by atoms with van der Waals surface area (Å²) in [4.78, 5) is 13.6. The van der Waals surface area contributed by atoms with E-state index in [-0.39, 0.29) is 22.2 Å². The first-order valence-corrected chi connectivity index (χ1v) is 6.33. The summed E-state index contributed by atoms with van der Waals surface area (Å²) in [5.41, 5.74) is 1.11. The first kappa shape index (κ1) is 14.3. The van der Waals surface area contributed by atoms with Crippen molar-refractivity contribution < 1.29 is 14.3 Å². The van der Waals surface area contributed by atoms with Crippen LogP contribution in [0, 0.1) is 5.82 Å². The van der Waals surface area contributed by atoms with Gasteiger partial charge in [0.2, 0.25) is 0 Å². The lowest BCUT2D eigenvalue weighted by Gasteiger charge is -2.17. The third kappa shape index (κ3) is 3.27. The van der Waals surface area contributed by atoms with E-state index in [1.807, 2.05) is 0 Å². The molecule has 0 radical (unpaired) electrons. The molecule has 20 heavy (non-hydrogen) atoms. The highest BCUT2D eigenvalue weighted by atomic mass is 35.5. The van der Waals surface area contributed by atoms with Crippen molar-refractivity contribution in [1.82, 2.24) is 4.90 Å². The maximum absolute atomic E-state index is 13.3. The van der Waals surface area contributed by atoms with Gasteiger partial charge in [-0.25, -0.2) is 4.39 Å². The van der Waals surface area contributed by atoms with Gasteiger partial charge in [0.15, 0.2) is 0 Å². The summed E-state index contributed by atoms with van der Waals surface area (Å²) in [6.07, 6.45) is 0. The van der Waals surface area contributed by atoms with Crippen LogP contribution >= 0.6 is 11.6 Å². The molecule has 2 aromatic carbocycles. The third-order valence-corrected chi connectivity index (χ3v) is 3.18. The fraction of sp³-hybridized carbons (Fsp3) is 0.133. The van der Waals surface area contributed by atoms with E-state index in [9.17, 15) is 14.3 Å². The Morgan fingerprint density at radius 2 is 1.90 bits per heavy atom. The molecule has 0 aliphatic rings. The van der Waals surface area contributed by atoms with Crippen LogP contribution in [-0.2, 0) is 6.54 Å². The molecule has 0 aliphatic carbocycles. The van der Waals surface area contributed by atoms with Gasteiger partial charge in [-0.1, -0.05) is 23.7 Å². The van der Waals surface area contributed by atoms with Crippen molar-refractivity contribution in [3.05, 3.63) is 64.4 Å². The highest BCUT2D eigenvalue weighted by Crippen LogP contribution is 2.17. The molecule has 0 atom stereocenters. The quantitative estimate of drug-likeness (QED) is 0.941. The number of carbonyl (C=O) groups excluding carboxylic acids is 1. The van der Waals surface area contributed by atoms with Gasteiger partial charge in [-0.3, -0.25) is 4.79 Å². The van der Waals surface area contributed by atoms with Gasteiger partial charge in [-0.2, -0.15) is 0 Å². The summed E-state index contributed by atoms with van der Waals surface area (Å²) >= 11 is 5.59. The molecule has 2 aromatic rings. The number of aromatic hydroxyl groups is 1. The molecule has 0 unspecified atom stereocenters. The lowest BCUT2D eigenvalue weighted by atomic mass is 10.1. The minimum atomic E-state index is -0.615. The standard InChI is InChI=1S/C15H13ClFNO2/c1-18(9-10-2-5-12(19)6-3-10)15(20)11-4-7-13(16)14(17)8-11/h2-8,19H,9H2,1H3. The van der Waals surface area contributed by atoms with Crippen LogP contribution in [0.25, 0.3) is 0 Å². The number of phenols is 1. The van der Waals surface area contributed by atoms with Crippen molar-refractivity contribution in [3.8, 4) is 5.75 Å². The lowest BCUT2D eigenvalue weighted by Crippen LogP contribution is -2.26. The van der Waals surface area contributed by atoms with Gasteiger partial charge < -0.3 is 10.0 Å². The van der Waals surface area contributed by atoms with E-state index in [1.165, 1.54) is 17.0 Å². The summed E-state index contributed by atoms with van der Waals surface area (Å²) in [6, 6.07) is 10.5. The van der Waals surface area contributed by atoms with Crippen molar-refractivity contribution >= 4 is 17.5 Å². The molecule has 0 saturated heterocycles. The number of amides is 1. The zero-order chi connectivity index (χ0) is 14.7. The normalized spacial score (nSPS) is 10.3. The number of halogens is 2. The number of carbonyl (C=O) groups is 1. The Kier molecular flexibility index (Phi) is 4.25. The number of benzene rings is 2. The van der Waals surface area contributed by atoms with Gasteiger partial charge in [-0.05, 0) is 35.9 Å². The van der Waals surface area contributed by atoms with Gasteiger partial charge >= 0.3 is 0 Å². The fourth-order valence-corrected chi connectivity index (χ4v) is 1.91. The maximum atomic E-state index is 13.3. The molecular weight excluding hydrogens is 281 g/mol. The summed E-state index contributed by atoms with van der Waals surface area (Å²) in [6.45, 7) is 0.364. The fourth-order valence-electron chi connectivity index (χ4n) is 1.80. The predicted octanol–water partition coefficient (Wildman–Crippen LogP) is 3.46. The first-order chi connectivity index (χ1) is 9.47. The lowest BCUT2D eigenvalue weighted by molar-refractivity contribution is 0.0784. The van der Waals surface area contributed by atoms with Crippen LogP contribution in [0.2, 0.25) is 5.02 Å². The monoisotopic (exact) mass is 293 g/mol. The zero-order valence-electron chi connectivity index (χ0n) is 10.8. The van der Waals surface area contributed by atoms with E-state index in [0.717, 1.165) is 11.6 Å². The molecule has 1 amide bonds. The SMILES string of the molecule is CN(Cc1ccc(O)cc1)C(=O)c1ccc(Cl)c(F)c1. The molecule has 104 valence electrons. The van der Waals surface area contributed by atoms with Crippen LogP contribution in [0.4, 0.5) is 4.39 Å². The molecule has 0 fully saturated rings. The van der Waals surface area contributed by atoms with Gasteiger partial charge in [0.1, 0.15) is 11.6 Å². The summed E-state index contributed by atoms with van der Waals surface area (Å²) in [5, 5.41) is 9.19. The molecule has 2 rings (SSSR count). The van der Waals surface area contributed by atoms with Crippen LogP contribution in [0.1, 0.15) is 15.9 Å².